The fourth-order valence-electron chi connectivity index (χ4n) is 3.33. The standard InChI is InChI=1S/C18H20F3N5O2/c1-10-12(7-11(8-22-10)18(19,20)21)16(27)26-6-5-14-13(9-23-25(14)4)15(26)17(28)24(2)3/h7-9,15H,5-6H2,1-4H3. The summed E-state index contributed by atoms with van der Waals surface area (Å²) >= 11 is 0. The predicted molar refractivity (Wildman–Crippen MR) is 93.4 cm³/mol. The lowest BCUT2D eigenvalue weighted by molar-refractivity contribution is -0.138. The molecule has 28 heavy (non-hydrogen) atoms. The predicted octanol–water partition coefficient (Wildman–Crippen LogP) is 1.97. The van der Waals surface area contributed by atoms with Crippen LogP contribution in [0.25, 0.3) is 0 Å². The largest absolute Gasteiger partial charge is 0.417 e. The molecule has 3 heterocycles. The van der Waals surface area contributed by atoms with E-state index in [2.05, 4.69) is 10.1 Å². The molecule has 0 aliphatic carbocycles. The van der Waals surface area contributed by atoms with E-state index in [0.29, 0.717) is 18.2 Å². The molecule has 3 rings (SSSR count). The summed E-state index contributed by atoms with van der Waals surface area (Å²) < 4.78 is 40.9. The molecule has 2 amide bonds. The Bertz CT molecular complexity index is 936. The molecule has 0 spiro atoms. The first-order chi connectivity index (χ1) is 13.0. The van der Waals surface area contributed by atoms with Crippen molar-refractivity contribution in [1.82, 2.24) is 24.6 Å². The number of fused-ring (bicyclic) bond motifs is 1. The maximum absolute atomic E-state index is 13.2. The lowest BCUT2D eigenvalue weighted by atomic mass is 9.96. The molecule has 1 atom stereocenters. The number of halogens is 3. The molecule has 2 aromatic rings. The molecule has 1 aliphatic rings. The van der Waals surface area contributed by atoms with E-state index in [4.69, 9.17) is 0 Å². The quantitative estimate of drug-likeness (QED) is 0.780. The second kappa shape index (κ2) is 6.92. The van der Waals surface area contributed by atoms with Gasteiger partial charge < -0.3 is 9.80 Å². The van der Waals surface area contributed by atoms with Gasteiger partial charge in [-0.2, -0.15) is 18.3 Å². The summed E-state index contributed by atoms with van der Waals surface area (Å²) in [5.74, 6) is -1.01. The molecule has 0 saturated heterocycles. The number of rotatable bonds is 2. The van der Waals surface area contributed by atoms with Gasteiger partial charge in [-0.3, -0.25) is 19.3 Å². The Labute approximate surface area is 159 Å². The Morgan fingerprint density at radius 2 is 1.93 bits per heavy atom. The SMILES string of the molecule is Cc1ncc(C(F)(F)F)cc1C(=O)N1CCc2c(cnn2C)C1C(=O)N(C)C. The Morgan fingerprint density at radius 1 is 1.25 bits per heavy atom. The zero-order chi connectivity index (χ0) is 20.8. The molecule has 10 heteroatoms. The minimum Gasteiger partial charge on any atom is -0.347 e. The lowest BCUT2D eigenvalue weighted by Crippen LogP contribution is -2.47. The van der Waals surface area contributed by atoms with Crippen molar-refractivity contribution in [2.24, 2.45) is 7.05 Å². The number of hydrogen-bond acceptors (Lipinski definition) is 4. The summed E-state index contributed by atoms with van der Waals surface area (Å²) in [5, 5.41) is 4.17. The number of likely N-dealkylation sites (N-methyl/N-ethyl adjacent to an activating group) is 1. The van der Waals surface area contributed by atoms with Gasteiger partial charge in [0.2, 0.25) is 5.91 Å². The molecular formula is C18H20F3N5O2. The molecule has 0 aromatic carbocycles. The highest BCUT2D eigenvalue weighted by Gasteiger charge is 2.40. The number of carbonyl (C=O) groups is 2. The third-order valence-electron chi connectivity index (χ3n) is 4.87. The normalized spacial score (nSPS) is 16.7. The summed E-state index contributed by atoms with van der Waals surface area (Å²) in [5.41, 5.74) is 0.405. The first-order valence-corrected chi connectivity index (χ1v) is 8.59. The molecule has 0 N–H and O–H groups in total. The van der Waals surface area contributed by atoms with Gasteiger partial charge in [-0.1, -0.05) is 0 Å². The van der Waals surface area contributed by atoms with Crippen molar-refractivity contribution in [3.8, 4) is 0 Å². The highest BCUT2D eigenvalue weighted by atomic mass is 19.4. The maximum Gasteiger partial charge on any atom is 0.417 e. The van der Waals surface area contributed by atoms with Crippen molar-refractivity contribution >= 4 is 11.8 Å². The number of pyridine rings is 1. The van der Waals surface area contributed by atoms with Crippen LogP contribution in [0.4, 0.5) is 13.2 Å². The van der Waals surface area contributed by atoms with E-state index in [-0.39, 0.29) is 23.7 Å². The zero-order valence-corrected chi connectivity index (χ0v) is 15.9. The highest BCUT2D eigenvalue weighted by Crippen LogP contribution is 2.34. The van der Waals surface area contributed by atoms with Gasteiger partial charge in [-0.15, -0.1) is 0 Å². The summed E-state index contributed by atoms with van der Waals surface area (Å²) in [6.07, 6.45) is -1.95. The van der Waals surface area contributed by atoms with Gasteiger partial charge >= 0.3 is 6.18 Å². The Balaban J connectivity index is 2.07. The second-order valence-electron chi connectivity index (χ2n) is 6.91. The third-order valence-corrected chi connectivity index (χ3v) is 4.87. The average molecular weight is 395 g/mol. The zero-order valence-electron chi connectivity index (χ0n) is 15.9. The minimum absolute atomic E-state index is 0.168. The summed E-state index contributed by atoms with van der Waals surface area (Å²) in [4.78, 5) is 32.4. The van der Waals surface area contributed by atoms with Crippen molar-refractivity contribution in [3.05, 3.63) is 46.5 Å². The van der Waals surface area contributed by atoms with Crippen molar-refractivity contribution in [2.75, 3.05) is 20.6 Å². The van der Waals surface area contributed by atoms with Gasteiger partial charge in [0.25, 0.3) is 5.91 Å². The minimum atomic E-state index is -4.62. The van der Waals surface area contributed by atoms with E-state index >= 15 is 0 Å². The molecule has 0 radical (unpaired) electrons. The molecule has 0 bridgehead atoms. The van der Waals surface area contributed by atoms with Crippen LogP contribution in [0.1, 0.15) is 38.9 Å². The first kappa shape index (κ1) is 19.8. The highest BCUT2D eigenvalue weighted by molar-refractivity contribution is 5.99. The number of carbonyl (C=O) groups excluding carboxylic acids is 2. The van der Waals surface area contributed by atoms with Crippen LogP contribution in [-0.2, 0) is 24.4 Å². The number of nitrogens with zero attached hydrogens (tertiary/aromatic N) is 5. The number of alkyl halides is 3. The molecule has 7 nitrogen and oxygen atoms in total. The van der Waals surface area contributed by atoms with Gasteiger partial charge in [0.1, 0.15) is 6.04 Å². The number of hydrogen-bond donors (Lipinski definition) is 0. The van der Waals surface area contributed by atoms with Crippen molar-refractivity contribution in [3.63, 3.8) is 0 Å². The molecule has 0 saturated carbocycles. The van der Waals surface area contributed by atoms with Crippen LogP contribution in [0.3, 0.4) is 0 Å². The van der Waals surface area contributed by atoms with Gasteiger partial charge in [0.05, 0.1) is 23.0 Å². The lowest BCUT2D eigenvalue weighted by Gasteiger charge is -2.36. The van der Waals surface area contributed by atoms with Crippen LogP contribution in [0.2, 0.25) is 0 Å². The number of aromatic nitrogens is 3. The summed E-state index contributed by atoms with van der Waals surface area (Å²) in [6.45, 7) is 1.65. The van der Waals surface area contributed by atoms with E-state index in [1.54, 1.807) is 25.8 Å². The Kier molecular flexibility index (Phi) is 4.90. The van der Waals surface area contributed by atoms with Crippen molar-refractivity contribution < 1.29 is 22.8 Å². The average Bonchev–Trinajstić information content (AvgIpc) is 3.00. The Hall–Kier alpha value is -2.91. The second-order valence-corrected chi connectivity index (χ2v) is 6.91. The van der Waals surface area contributed by atoms with Crippen LogP contribution in [0.15, 0.2) is 18.5 Å². The van der Waals surface area contributed by atoms with Crippen molar-refractivity contribution in [1.29, 1.82) is 0 Å². The van der Waals surface area contributed by atoms with E-state index in [1.807, 2.05) is 0 Å². The van der Waals surface area contributed by atoms with Crippen LogP contribution in [0, 0.1) is 6.92 Å². The molecular weight excluding hydrogens is 375 g/mol. The van der Waals surface area contributed by atoms with Crippen LogP contribution >= 0.6 is 0 Å². The number of amides is 2. The Morgan fingerprint density at radius 3 is 2.54 bits per heavy atom. The van der Waals surface area contributed by atoms with E-state index in [1.165, 1.54) is 22.9 Å². The first-order valence-electron chi connectivity index (χ1n) is 8.59. The van der Waals surface area contributed by atoms with Gasteiger partial charge in [-0.05, 0) is 13.0 Å². The van der Waals surface area contributed by atoms with Crippen molar-refractivity contribution in [2.45, 2.75) is 25.6 Å². The van der Waals surface area contributed by atoms with E-state index in [9.17, 15) is 22.8 Å². The van der Waals surface area contributed by atoms with Gasteiger partial charge in [0.15, 0.2) is 0 Å². The maximum atomic E-state index is 13.2. The van der Waals surface area contributed by atoms with E-state index in [0.717, 1.165) is 11.8 Å². The monoisotopic (exact) mass is 395 g/mol. The van der Waals surface area contributed by atoms with Crippen LogP contribution in [0.5, 0.6) is 0 Å². The molecule has 1 aliphatic heterocycles. The fraction of sp³-hybridized carbons (Fsp3) is 0.444. The summed E-state index contributed by atoms with van der Waals surface area (Å²) in [7, 11) is 4.87. The topological polar surface area (TPSA) is 71.3 Å². The molecule has 1 unspecified atom stereocenters. The van der Waals surface area contributed by atoms with Crippen LogP contribution < -0.4 is 0 Å². The summed E-state index contributed by atoms with van der Waals surface area (Å²) in [6, 6.07) is -0.158. The smallest absolute Gasteiger partial charge is 0.347 e. The molecule has 2 aromatic heterocycles. The van der Waals surface area contributed by atoms with Gasteiger partial charge in [0, 0.05) is 51.6 Å². The third kappa shape index (κ3) is 3.34. The molecule has 0 fully saturated rings. The van der Waals surface area contributed by atoms with E-state index < -0.39 is 23.7 Å². The van der Waals surface area contributed by atoms with Crippen LogP contribution in [-0.4, -0.2) is 57.0 Å². The fourth-order valence-corrected chi connectivity index (χ4v) is 3.33. The molecule has 150 valence electrons. The van der Waals surface area contributed by atoms with Gasteiger partial charge in [-0.25, -0.2) is 0 Å². The number of aryl methyl sites for hydroxylation is 2.